The maximum absolute atomic E-state index is 12.0. The summed E-state index contributed by atoms with van der Waals surface area (Å²) in [5.74, 6) is 0.269. The molecule has 2 heterocycles. The average molecular weight is 356 g/mol. The first-order chi connectivity index (χ1) is 12.1. The van der Waals surface area contributed by atoms with E-state index >= 15 is 0 Å². The van der Waals surface area contributed by atoms with Gasteiger partial charge in [-0.1, -0.05) is 42.1 Å². The van der Waals surface area contributed by atoms with Gasteiger partial charge >= 0.3 is 0 Å². The number of benzene rings is 1. The van der Waals surface area contributed by atoms with E-state index in [9.17, 15) is 4.79 Å². The van der Waals surface area contributed by atoms with E-state index in [2.05, 4.69) is 38.0 Å². The summed E-state index contributed by atoms with van der Waals surface area (Å²) in [6.07, 6.45) is 1.60. The molecule has 0 saturated carbocycles. The van der Waals surface area contributed by atoms with Crippen LogP contribution in [-0.2, 0) is 17.9 Å². The van der Waals surface area contributed by atoms with Crippen LogP contribution in [0.5, 0.6) is 0 Å². The topological polar surface area (TPSA) is 88.5 Å². The quantitative estimate of drug-likeness (QED) is 0.633. The Balaban J connectivity index is 1.58. The number of nitrogens with zero attached hydrogens (tertiary/aromatic N) is 4. The zero-order valence-electron chi connectivity index (χ0n) is 14.2. The minimum atomic E-state index is -0.0393. The highest BCUT2D eigenvalue weighted by atomic mass is 32.2. The fraction of sp³-hybridized carbons (Fsp3) is 0.294. The highest BCUT2D eigenvalue weighted by Gasteiger charge is 2.13. The molecule has 0 aliphatic heterocycles. The van der Waals surface area contributed by atoms with Gasteiger partial charge in [-0.3, -0.25) is 9.48 Å². The largest absolute Gasteiger partial charge is 0.351 e. The number of carbonyl (C=O) groups is 1. The second-order valence-electron chi connectivity index (χ2n) is 5.67. The van der Waals surface area contributed by atoms with Crippen molar-refractivity contribution in [1.82, 2.24) is 30.5 Å². The van der Waals surface area contributed by atoms with Gasteiger partial charge in [0.15, 0.2) is 0 Å². The Morgan fingerprint density at radius 3 is 2.80 bits per heavy atom. The van der Waals surface area contributed by atoms with Crippen LogP contribution in [-0.4, -0.2) is 36.9 Å². The van der Waals surface area contributed by atoms with E-state index in [-0.39, 0.29) is 5.91 Å². The van der Waals surface area contributed by atoms with Gasteiger partial charge in [-0.2, -0.15) is 15.4 Å². The van der Waals surface area contributed by atoms with Gasteiger partial charge in [0.25, 0.3) is 0 Å². The lowest BCUT2D eigenvalue weighted by atomic mass is 10.2. The van der Waals surface area contributed by atoms with Crippen molar-refractivity contribution in [3.05, 3.63) is 59.0 Å². The third-order valence-corrected chi connectivity index (χ3v) is 4.81. The average Bonchev–Trinajstić information content (AvgIpc) is 3.22. The molecule has 7 nitrogen and oxygen atoms in total. The minimum absolute atomic E-state index is 0.0393. The first-order valence-electron chi connectivity index (χ1n) is 7.95. The van der Waals surface area contributed by atoms with Crippen LogP contribution in [0, 0.1) is 13.8 Å². The smallest absolute Gasteiger partial charge is 0.230 e. The van der Waals surface area contributed by atoms with Crippen LogP contribution in [0.15, 0.2) is 41.6 Å². The zero-order valence-corrected chi connectivity index (χ0v) is 15.0. The van der Waals surface area contributed by atoms with Crippen LogP contribution >= 0.6 is 11.8 Å². The molecule has 25 heavy (non-hydrogen) atoms. The van der Waals surface area contributed by atoms with Crippen LogP contribution in [0.2, 0.25) is 0 Å². The van der Waals surface area contributed by atoms with E-state index in [1.54, 1.807) is 6.20 Å². The van der Waals surface area contributed by atoms with Gasteiger partial charge < -0.3 is 5.32 Å². The molecule has 3 aromatic rings. The highest BCUT2D eigenvalue weighted by molar-refractivity contribution is 7.99. The molecule has 0 fully saturated rings. The van der Waals surface area contributed by atoms with E-state index in [1.807, 2.05) is 36.7 Å². The fourth-order valence-corrected chi connectivity index (χ4v) is 3.15. The fourth-order valence-electron chi connectivity index (χ4n) is 2.54. The Kier molecular flexibility index (Phi) is 5.49. The molecule has 0 spiro atoms. The molecule has 2 aromatic heterocycles. The molecular formula is C17H20N6OS. The molecule has 0 atom stereocenters. The van der Waals surface area contributed by atoms with Crippen LogP contribution in [0.3, 0.4) is 0 Å². The maximum atomic E-state index is 12.0. The number of hydrogen-bond acceptors (Lipinski definition) is 5. The Bertz CT molecular complexity index is 828. The molecule has 0 radical (unpaired) electrons. The monoisotopic (exact) mass is 356 g/mol. The molecule has 1 aromatic carbocycles. The van der Waals surface area contributed by atoms with Crippen molar-refractivity contribution >= 4 is 17.7 Å². The summed E-state index contributed by atoms with van der Waals surface area (Å²) in [7, 11) is 0. The number of nitrogens with one attached hydrogen (secondary N) is 2. The second-order valence-corrected chi connectivity index (χ2v) is 6.66. The van der Waals surface area contributed by atoms with Crippen LogP contribution in [0.4, 0.5) is 0 Å². The summed E-state index contributed by atoms with van der Waals surface area (Å²) in [5, 5.41) is 18.4. The number of aromatic amines is 1. The van der Waals surface area contributed by atoms with Gasteiger partial charge in [-0.15, -0.1) is 5.10 Å². The number of thioether (sulfide) groups is 1. The molecule has 130 valence electrons. The van der Waals surface area contributed by atoms with Crippen molar-refractivity contribution in [2.24, 2.45) is 0 Å². The number of aromatic nitrogens is 5. The van der Waals surface area contributed by atoms with Crippen molar-refractivity contribution in [3.8, 4) is 0 Å². The summed E-state index contributed by atoms with van der Waals surface area (Å²) in [5.41, 5.74) is 4.28. The van der Waals surface area contributed by atoms with Crippen molar-refractivity contribution in [2.45, 2.75) is 32.0 Å². The van der Waals surface area contributed by atoms with Gasteiger partial charge in [0, 0.05) is 17.8 Å². The molecule has 3 rings (SSSR count). The number of aryl methyl sites for hydroxylation is 1. The van der Waals surface area contributed by atoms with E-state index in [0.29, 0.717) is 17.3 Å². The number of carbonyl (C=O) groups excluding carboxylic acids is 1. The Hall–Kier alpha value is -2.61. The van der Waals surface area contributed by atoms with E-state index < -0.39 is 0 Å². The summed E-state index contributed by atoms with van der Waals surface area (Å²) in [6.45, 7) is 5.21. The van der Waals surface area contributed by atoms with Gasteiger partial charge in [0.1, 0.15) is 5.03 Å². The minimum Gasteiger partial charge on any atom is -0.351 e. The lowest BCUT2D eigenvalue weighted by Crippen LogP contribution is -2.25. The number of amides is 1. The van der Waals surface area contributed by atoms with E-state index in [0.717, 1.165) is 23.5 Å². The molecule has 0 aliphatic rings. The van der Waals surface area contributed by atoms with Crippen molar-refractivity contribution in [2.75, 3.05) is 5.75 Å². The molecule has 2 N–H and O–H groups in total. The normalized spacial score (nSPS) is 10.8. The van der Waals surface area contributed by atoms with Gasteiger partial charge in [-0.05, 0) is 19.4 Å². The Morgan fingerprint density at radius 2 is 2.08 bits per heavy atom. The molecule has 0 unspecified atom stereocenters. The number of H-pyrrole nitrogens is 1. The molecule has 0 aliphatic carbocycles. The van der Waals surface area contributed by atoms with E-state index in [1.165, 1.54) is 17.3 Å². The molecule has 8 heteroatoms. The third-order valence-electron chi connectivity index (χ3n) is 3.91. The summed E-state index contributed by atoms with van der Waals surface area (Å²) >= 11 is 1.35. The van der Waals surface area contributed by atoms with E-state index in [4.69, 9.17) is 0 Å². The molecule has 1 amide bonds. The summed E-state index contributed by atoms with van der Waals surface area (Å²) in [6, 6.07) is 10.2. The SMILES string of the molecule is Cc1nn(Cc2ccccc2)c(C)c1CNC(=O)CSc1cn[nH]n1. The Labute approximate surface area is 150 Å². The van der Waals surface area contributed by atoms with Gasteiger partial charge in [0.2, 0.25) is 5.91 Å². The summed E-state index contributed by atoms with van der Waals surface area (Å²) < 4.78 is 1.98. The first kappa shape index (κ1) is 17.2. The van der Waals surface area contributed by atoms with Gasteiger partial charge in [-0.25, -0.2) is 0 Å². The van der Waals surface area contributed by atoms with Gasteiger partial charge in [0.05, 0.1) is 24.2 Å². The summed E-state index contributed by atoms with van der Waals surface area (Å²) in [4.78, 5) is 12.0. The Morgan fingerprint density at radius 1 is 1.28 bits per heavy atom. The predicted molar refractivity (Wildman–Crippen MR) is 96.2 cm³/mol. The number of hydrogen-bond donors (Lipinski definition) is 2. The highest BCUT2D eigenvalue weighted by Crippen LogP contribution is 2.15. The third kappa shape index (κ3) is 4.48. The first-order valence-corrected chi connectivity index (χ1v) is 8.94. The molecule has 0 saturated heterocycles. The van der Waals surface area contributed by atoms with Crippen molar-refractivity contribution in [3.63, 3.8) is 0 Å². The van der Waals surface area contributed by atoms with Crippen LogP contribution < -0.4 is 5.32 Å². The lowest BCUT2D eigenvalue weighted by molar-refractivity contribution is -0.118. The predicted octanol–water partition coefficient (Wildman–Crippen LogP) is 2.07. The zero-order chi connectivity index (χ0) is 17.6. The van der Waals surface area contributed by atoms with Crippen LogP contribution in [0.1, 0.15) is 22.5 Å². The lowest BCUT2D eigenvalue weighted by Gasteiger charge is -2.07. The molecular weight excluding hydrogens is 336 g/mol. The molecule has 0 bridgehead atoms. The van der Waals surface area contributed by atoms with Crippen LogP contribution in [0.25, 0.3) is 0 Å². The standard InChI is InChI=1S/C17H20N6OS/c1-12-15(8-18-16(24)11-25-17-9-19-22-20-17)13(2)23(21-12)10-14-6-4-3-5-7-14/h3-7,9H,8,10-11H2,1-2H3,(H,18,24)(H,19,20,22). The maximum Gasteiger partial charge on any atom is 0.230 e. The second kappa shape index (κ2) is 7.98. The number of rotatable bonds is 7. The van der Waals surface area contributed by atoms with Crippen molar-refractivity contribution in [1.29, 1.82) is 0 Å². The van der Waals surface area contributed by atoms with Crippen molar-refractivity contribution < 1.29 is 4.79 Å².